The van der Waals surface area contributed by atoms with Crippen LogP contribution in [0, 0.1) is 6.92 Å². The first-order chi connectivity index (χ1) is 8.09. The number of hydrogen-bond donors (Lipinski definition) is 3. The second kappa shape index (κ2) is 5.82. The fourth-order valence-electron chi connectivity index (χ4n) is 1.71. The van der Waals surface area contributed by atoms with E-state index in [2.05, 4.69) is 34.4 Å². The van der Waals surface area contributed by atoms with Crippen molar-refractivity contribution >= 4 is 11.8 Å². The van der Waals surface area contributed by atoms with Crippen molar-refractivity contribution in [2.24, 2.45) is 0 Å². The van der Waals surface area contributed by atoms with Gasteiger partial charge in [-0.25, -0.2) is 4.98 Å². The molecule has 96 valence electrons. The first-order valence-corrected chi connectivity index (χ1v) is 6.01. The first kappa shape index (κ1) is 13.7. The smallest absolute Gasteiger partial charge is 0.224 e. The number of aryl methyl sites for hydroxylation is 1. The Balaban J connectivity index is 2.96. The molecule has 17 heavy (non-hydrogen) atoms. The Morgan fingerprint density at radius 1 is 1.29 bits per heavy atom. The Morgan fingerprint density at radius 2 is 1.94 bits per heavy atom. The van der Waals surface area contributed by atoms with E-state index in [1.807, 2.05) is 13.0 Å². The molecule has 0 saturated carbocycles. The number of aliphatic hydroxyl groups is 1. The Morgan fingerprint density at radius 3 is 2.41 bits per heavy atom. The zero-order chi connectivity index (χ0) is 12.9. The van der Waals surface area contributed by atoms with Gasteiger partial charge in [0.25, 0.3) is 0 Å². The largest absolute Gasteiger partial charge is 0.394 e. The molecular weight excluding hydrogens is 216 g/mol. The zero-order valence-electron chi connectivity index (χ0n) is 11.0. The van der Waals surface area contributed by atoms with Gasteiger partial charge in [0.15, 0.2) is 0 Å². The lowest BCUT2D eigenvalue weighted by atomic mass is 9.94. The molecule has 0 spiro atoms. The van der Waals surface area contributed by atoms with Gasteiger partial charge in [0.1, 0.15) is 5.82 Å². The number of aromatic nitrogens is 2. The maximum Gasteiger partial charge on any atom is 0.224 e. The van der Waals surface area contributed by atoms with Crippen LogP contribution in [0.3, 0.4) is 0 Å². The number of rotatable bonds is 6. The van der Waals surface area contributed by atoms with Gasteiger partial charge in [0.2, 0.25) is 5.95 Å². The summed E-state index contributed by atoms with van der Waals surface area (Å²) in [7, 11) is 1.79. The molecule has 0 saturated heterocycles. The van der Waals surface area contributed by atoms with Crippen molar-refractivity contribution in [3.05, 3.63) is 11.8 Å². The Hall–Kier alpha value is -1.36. The van der Waals surface area contributed by atoms with Crippen LogP contribution in [0.5, 0.6) is 0 Å². The molecule has 0 radical (unpaired) electrons. The molecular formula is C12H22N4O. The van der Waals surface area contributed by atoms with Crippen molar-refractivity contribution in [3.8, 4) is 0 Å². The van der Waals surface area contributed by atoms with E-state index in [-0.39, 0.29) is 12.1 Å². The summed E-state index contributed by atoms with van der Waals surface area (Å²) in [4.78, 5) is 8.57. The van der Waals surface area contributed by atoms with Crippen molar-refractivity contribution in [1.29, 1.82) is 0 Å². The van der Waals surface area contributed by atoms with Crippen LogP contribution in [-0.2, 0) is 0 Å². The molecule has 3 N–H and O–H groups in total. The Labute approximate surface area is 103 Å². The quantitative estimate of drug-likeness (QED) is 0.705. The second-order valence-electron chi connectivity index (χ2n) is 4.24. The van der Waals surface area contributed by atoms with Gasteiger partial charge in [0.05, 0.1) is 12.1 Å². The van der Waals surface area contributed by atoms with Crippen LogP contribution in [0.2, 0.25) is 0 Å². The van der Waals surface area contributed by atoms with Crippen LogP contribution in [0.1, 0.15) is 32.4 Å². The van der Waals surface area contributed by atoms with E-state index >= 15 is 0 Å². The summed E-state index contributed by atoms with van der Waals surface area (Å²) in [5, 5.41) is 15.8. The fraction of sp³-hybridized carbons (Fsp3) is 0.667. The van der Waals surface area contributed by atoms with E-state index in [1.165, 1.54) is 0 Å². The Kier molecular flexibility index (Phi) is 4.69. The van der Waals surface area contributed by atoms with Gasteiger partial charge < -0.3 is 15.7 Å². The van der Waals surface area contributed by atoms with Gasteiger partial charge in [-0.15, -0.1) is 0 Å². The lowest BCUT2D eigenvalue weighted by Gasteiger charge is -2.31. The second-order valence-corrected chi connectivity index (χ2v) is 4.24. The van der Waals surface area contributed by atoms with Crippen molar-refractivity contribution in [1.82, 2.24) is 9.97 Å². The highest BCUT2D eigenvalue weighted by Crippen LogP contribution is 2.21. The van der Waals surface area contributed by atoms with E-state index in [0.29, 0.717) is 5.95 Å². The van der Waals surface area contributed by atoms with Crippen LogP contribution in [0.25, 0.3) is 0 Å². The SMILES string of the molecule is CCC(CC)(CO)Nc1cc(C)nc(NC)n1. The molecule has 5 nitrogen and oxygen atoms in total. The summed E-state index contributed by atoms with van der Waals surface area (Å²) in [6, 6.07) is 1.89. The lowest BCUT2D eigenvalue weighted by molar-refractivity contribution is 0.202. The molecule has 0 atom stereocenters. The Bertz CT molecular complexity index is 355. The number of nitrogens with zero attached hydrogens (tertiary/aromatic N) is 2. The average Bonchev–Trinajstić information content (AvgIpc) is 2.35. The minimum absolute atomic E-state index is 0.0952. The van der Waals surface area contributed by atoms with Crippen molar-refractivity contribution in [2.45, 2.75) is 39.2 Å². The van der Waals surface area contributed by atoms with E-state index in [1.54, 1.807) is 7.05 Å². The molecule has 0 fully saturated rings. The van der Waals surface area contributed by atoms with E-state index < -0.39 is 0 Å². The lowest BCUT2D eigenvalue weighted by Crippen LogP contribution is -2.41. The summed E-state index contributed by atoms with van der Waals surface area (Å²) >= 11 is 0. The minimum atomic E-state index is -0.300. The standard InChI is InChI=1S/C12H22N4O/c1-5-12(6-2,8-17)16-10-7-9(3)14-11(13-4)15-10/h7,17H,5-6,8H2,1-4H3,(H2,13,14,15,16). The molecule has 0 amide bonds. The summed E-state index contributed by atoms with van der Waals surface area (Å²) in [6.45, 7) is 6.13. The third-order valence-corrected chi connectivity index (χ3v) is 3.13. The van der Waals surface area contributed by atoms with E-state index in [0.717, 1.165) is 24.4 Å². The molecule has 5 heteroatoms. The molecule has 0 aromatic carbocycles. The number of aliphatic hydroxyl groups excluding tert-OH is 1. The summed E-state index contributed by atoms with van der Waals surface area (Å²) in [5.41, 5.74) is 0.595. The number of nitrogens with one attached hydrogen (secondary N) is 2. The third kappa shape index (κ3) is 3.30. The highest BCUT2D eigenvalue weighted by molar-refractivity contribution is 5.44. The van der Waals surface area contributed by atoms with Gasteiger partial charge in [-0.1, -0.05) is 13.8 Å². The summed E-state index contributed by atoms with van der Waals surface area (Å²) in [5.74, 6) is 1.34. The molecule has 0 unspecified atom stereocenters. The van der Waals surface area contributed by atoms with Crippen LogP contribution >= 0.6 is 0 Å². The van der Waals surface area contributed by atoms with Crippen LogP contribution in [0.15, 0.2) is 6.07 Å². The predicted molar refractivity (Wildman–Crippen MR) is 70.3 cm³/mol. The predicted octanol–water partition coefficient (Wildman–Crippen LogP) is 1.79. The fourth-order valence-corrected chi connectivity index (χ4v) is 1.71. The zero-order valence-corrected chi connectivity index (χ0v) is 11.0. The van der Waals surface area contributed by atoms with Gasteiger partial charge in [0, 0.05) is 18.8 Å². The summed E-state index contributed by atoms with van der Waals surface area (Å²) in [6.07, 6.45) is 1.69. The minimum Gasteiger partial charge on any atom is -0.394 e. The van der Waals surface area contributed by atoms with E-state index in [4.69, 9.17) is 0 Å². The summed E-state index contributed by atoms with van der Waals surface area (Å²) < 4.78 is 0. The highest BCUT2D eigenvalue weighted by atomic mass is 16.3. The van der Waals surface area contributed by atoms with Gasteiger partial charge in [-0.05, 0) is 19.8 Å². The third-order valence-electron chi connectivity index (χ3n) is 3.13. The molecule has 0 aliphatic rings. The number of hydrogen-bond acceptors (Lipinski definition) is 5. The molecule has 0 aliphatic carbocycles. The monoisotopic (exact) mass is 238 g/mol. The molecule has 0 bridgehead atoms. The van der Waals surface area contributed by atoms with Crippen molar-refractivity contribution < 1.29 is 5.11 Å². The van der Waals surface area contributed by atoms with Crippen LogP contribution in [0.4, 0.5) is 11.8 Å². The first-order valence-electron chi connectivity index (χ1n) is 6.01. The van der Waals surface area contributed by atoms with Crippen LogP contribution < -0.4 is 10.6 Å². The average molecular weight is 238 g/mol. The molecule has 1 aromatic rings. The van der Waals surface area contributed by atoms with Crippen molar-refractivity contribution in [2.75, 3.05) is 24.3 Å². The topological polar surface area (TPSA) is 70.1 Å². The maximum absolute atomic E-state index is 9.51. The van der Waals surface area contributed by atoms with Gasteiger partial charge >= 0.3 is 0 Å². The maximum atomic E-state index is 9.51. The van der Waals surface area contributed by atoms with E-state index in [9.17, 15) is 5.11 Å². The van der Waals surface area contributed by atoms with Crippen LogP contribution in [-0.4, -0.2) is 34.3 Å². The highest BCUT2D eigenvalue weighted by Gasteiger charge is 2.25. The molecule has 1 heterocycles. The molecule has 0 aliphatic heterocycles. The number of anilines is 2. The molecule has 1 rings (SSSR count). The normalized spacial score (nSPS) is 11.4. The van der Waals surface area contributed by atoms with Crippen molar-refractivity contribution in [3.63, 3.8) is 0 Å². The molecule has 1 aromatic heterocycles. The van der Waals surface area contributed by atoms with Gasteiger partial charge in [-0.2, -0.15) is 4.98 Å². The van der Waals surface area contributed by atoms with Gasteiger partial charge in [-0.3, -0.25) is 0 Å².